The number of nitrogens with one attached hydrogen (secondary N) is 1. The van der Waals surface area contributed by atoms with Gasteiger partial charge in [0.05, 0.1) is 5.56 Å². The van der Waals surface area contributed by atoms with Crippen LogP contribution in [0.5, 0.6) is 0 Å². The van der Waals surface area contributed by atoms with Crippen molar-refractivity contribution in [3.8, 4) is 0 Å². The van der Waals surface area contributed by atoms with Crippen molar-refractivity contribution in [2.24, 2.45) is 5.92 Å². The Balaban J connectivity index is 2.76. The molecule has 1 aromatic rings. The maximum absolute atomic E-state index is 13.5. The van der Waals surface area contributed by atoms with Crippen molar-refractivity contribution in [2.75, 3.05) is 6.54 Å². The largest absolute Gasteiger partial charge is 0.351 e. The summed E-state index contributed by atoms with van der Waals surface area (Å²) < 4.78 is 26.5. The summed E-state index contributed by atoms with van der Waals surface area (Å²) in [6.07, 6.45) is 0. The molecule has 100 valence electrons. The minimum Gasteiger partial charge on any atom is -0.351 e. The molecule has 0 aromatic heterocycles. The second kappa shape index (κ2) is 6.27. The Morgan fingerprint density at radius 1 is 1.33 bits per heavy atom. The molecule has 0 spiro atoms. The van der Waals surface area contributed by atoms with Gasteiger partial charge < -0.3 is 5.32 Å². The van der Waals surface area contributed by atoms with E-state index in [0.29, 0.717) is 12.5 Å². The third-order valence-corrected chi connectivity index (χ3v) is 4.06. The summed E-state index contributed by atoms with van der Waals surface area (Å²) in [5.41, 5.74) is 0.123. The van der Waals surface area contributed by atoms with Crippen LogP contribution in [0.1, 0.15) is 29.8 Å². The first-order chi connectivity index (χ1) is 8.32. The molecule has 1 unspecified atom stereocenters. The lowest BCUT2D eigenvalue weighted by Crippen LogP contribution is -2.32. The highest BCUT2D eigenvalue weighted by molar-refractivity contribution is 9.09. The predicted octanol–water partition coefficient (Wildman–Crippen LogP) is 3.42. The fourth-order valence-electron chi connectivity index (χ4n) is 1.35. The second-order valence-electron chi connectivity index (χ2n) is 4.55. The van der Waals surface area contributed by atoms with E-state index in [0.717, 1.165) is 6.07 Å². The highest BCUT2D eigenvalue weighted by atomic mass is 79.9. The van der Waals surface area contributed by atoms with Crippen LogP contribution in [0.15, 0.2) is 12.1 Å². The van der Waals surface area contributed by atoms with Crippen LogP contribution >= 0.6 is 15.9 Å². The SMILES string of the molecule is Cc1cc(C(=O)NCC(Br)C(C)C)c(F)cc1F. The minimum atomic E-state index is -0.841. The molecule has 1 amide bonds. The highest BCUT2D eigenvalue weighted by Crippen LogP contribution is 2.15. The monoisotopic (exact) mass is 319 g/mol. The number of rotatable bonds is 4. The molecule has 1 aromatic carbocycles. The minimum absolute atomic E-state index is 0.117. The van der Waals surface area contributed by atoms with E-state index in [-0.39, 0.29) is 16.0 Å². The average molecular weight is 320 g/mol. The fourth-order valence-corrected chi connectivity index (χ4v) is 1.51. The Kier molecular flexibility index (Phi) is 5.26. The van der Waals surface area contributed by atoms with E-state index in [1.165, 1.54) is 13.0 Å². The van der Waals surface area contributed by atoms with E-state index < -0.39 is 17.5 Å². The van der Waals surface area contributed by atoms with E-state index in [9.17, 15) is 13.6 Å². The fraction of sp³-hybridized carbons (Fsp3) is 0.462. The molecule has 0 aliphatic heterocycles. The van der Waals surface area contributed by atoms with Crippen molar-refractivity contribution in [1.82, 2.24) is 5.32 Å². The van der Waals surface area contributed by atoms with Crippen LogP contribution in [0.25, 0.3) is 0 Å². The van der Waals surface area contributed by atoms with Gasteiger partial charge in [-0.2, -0.15) is 0 Å². The summed E-state index contributed by atoms with van der Waals surface area (Å²) in [5.74, 6) is -1.67. The molecule has 0 fully saturated rings. The van der Waals surface area contributed by atoms with E-state index in [1.54, 1.807) is 0 Å². The van der Waals surface area contributed by atoms with Crippen molar-refractivity contribution < 1.29 is 13.6 Å². The molecule has 1 rings (SSSR count). The standard InChI is InChI=1S/C13H16BrF2NO/c1-7(2)10(14)6-17-13(18)9-4-8(3)11(15)5-12(9)16/h4-5,7,10H,6H2,1-3H3,(H,17,18). The number of aryl methyl sites for hydroxylation is 1. The normalized spacial score (nSPS) is 12.6. The quantitative estimate of drug-likeness (QED) is 0.846. The van der Waals surface area contributed by atoms with Gasteiger partial charge in [0.2, 0.25) is 0 Å². The topological polar surface area (TPSA) is 29.1 Å². The molecule has 0 aliphatic carbocycles. The van der Waals surface area contributed by atoms with Crippen LogP contribution in [0.3, 0.4) is 0 Å². The van der Waals surface area contributed by atoms with E-state index in [2.05, 4.69) is 21.2 Å². The van der Waals surface area contributed by atoms with Crippen LogP contribution < -0.4 is 5.32 Å². The van der Waals surface area contributed by atoms with Crippen LogP contribution in [0.2, 0.25) is 0 Å². The van der Waals surface area contributed by atoms with Gasteiger partial charge in [-0.25, -0.2) is 8.78 Å². The number of benzene rings is 1. The lowest BCUT2D eigenvalue weighted by molar-refractivity contribution is 0.0948. The van der Waals surface area contributed by atoms with Crippen LogP contribution in [-0.2, 0) is 0 Å². The maximum Gasteiger partial charge on any atom is 0.254 e. The van der Waals surface area contributed by atoms with Crippen LogP contribution in [-0.4, -0.2) is 17.3 Å². The van der Waals surface area contributed by atoms with Crippen molar-refractivity contribution in [3.05, 3.63) is 34.9 Å². The number of amides is 1. The first-order valence-corrected chi connectivity index (χ1v) is 6.62. The average Bonchev–Trinajstić information content (AvgIpc) is 2.30. The van der Waals surface area contributed by atoms with Crippen molar-refractivity contribution in [2.45, 2.75) is 25.6 Å². The number of hydrogen-bond donors (Lipinski definition) is 1. The first kappa shape index (κ1) is 15.1. The van der Waals surface area contributed by atoms with Gasteiger partial charge >= 0.3 is 0 Å². The maximum atomic E-state index is 13.5. The number of halogens is 3. The van der Waals surface area contributed by atoms with Crippen molar-refractivity contribution in [1.29, 1.82) is 0 Å². The molecule has 0 radical (unpaired) electrons. The second-order valence-corrected chi connectivity index (χ2v) is 5.73. The van der Waals surface area contributed by atoms with E-state index in [1.807, 2.05) is 13.8 Å². The van der Waals surface area contributed by atoms with Gasteiger partial charge in [-0.1, -0.05) is 29.8 Å². The molecule has 18 heavy (non-hydrogen) atoms. The van der Waals surface area contributed by atoms with Gasteiger partial charge in [-0.15, -0.1) is 0 Å². The molecule has 0 aliphatic rings. The van der Waals surface area contributed by atoms with Gasteiger partial charge in [0.25, 0.3) is 5.91 Å². The molecule has 0 heterocycles. The summed E-state index contributed by atoms with van der Waals surface area (Å²) in [7, 11) is 0. The van der Waals surface area contributed by atoms with Crippen molar-refractivity contribution >= 4 is 21.8 Å². The Morgan fingerprint density at radius 2 is 1.94 bits per heavy atom. The van der Waals surface area contributed by atoms with E-state index in [4.69, 9.17) is 0 Å². The van der Waals surface area contributed by atoms with Crippen molar-refractivity contribution in [3.63, 3.8) is 0 Å². The summed E-state index contributed by atoms with van der Waals surface area (Å²) in [6.45, 7) is 5.90. The van der Waals surface area contributed by atoms with Gasteiger partial charge in [-0.05, 0) is 24.5 Å². The Labute approximate surface area is 114 Å². The number of hydrogen-bond acceptors (Lipinski definition) is 1. The lowest BCUT2D eigenvalue weighted by Gasteiger charge is -2.14. The lowest BCUT2D eigenvalue weighted by atomic mass is 10.1. The molecular formula is C13H16BrF2NO. The smallest absolute Gasteiger partial charge is 0.254 e. The summed E-state index contributed by atoms with van der Waals surface area (Å²) in [6, 6.07) is 1.96. The molecule has 0 saturated carbocycles. The van der Waals surface area contributed by atoms with Gasteiger partial charge in [0.15, 0.2) is 0 Å². The first-order valence-electron chi connectivity index (χ1n) is 5.70. The highest BCUT2D eigenvalue weighted by Gasteiger charge is 2.16. The molecule has 2 nitrogen and oxygen atoms in total. The zero-order valence-corrected chi connectivity index (χ0v) is 12.1. The summed E-state index contributed by atoms with van der Waals surface area (Å²) in [4.78, 5) is 11.9. The predicted molar refractivity (Wildman–Crippen MR) is 71.0 cm³/mol. The van der Waals surface area contributed by atoms with Gasteiger partial charge in [0.1, 0.15) is 11.6 Å². The number of carbonyl (C=O) groups is 1. The molecule has 0 saturated heterocycles. The van der Waals surface area contributed by atoms with Gasteiger partial charge in [0, 0.05) is 17.4 Å². The molecular weight excluding hydrogens is 304 g/mol. The zero-order chi connectivity index (χ0) is 13.9. The Hall–Kier alpha value is -0.970. The van der Waals surface area contributed by atoms with Gasteiger partial charge in [-0.3, -0.25) is 4.79 Å². The third-order valence-electron chi connectivity index (χ3n) is 2.67. The summed E-state index contributed by atoms with van der Waals surface area (Å²) in [5, 5.41) is 2.62. The summed E-state index contributed by atoms with van der Waals surface area (Å²) >= 11 is 3.42. The number of alkyl halides is 1. The van der Waals surface area contributed by atoms with E-state index >= 15 is 0 Å². The molecule has 5 heteroatoms. The Bertz CT molecular complexity index is 449. The van der Waals surface area contributed by atoms with Crippen LogP contribution in [0.4, 0.5) is 8.78 Å². The molecule has 1 N–H and O–H groups in total. The third kappa shape index (κ3) is 3.77. The number of carbonyl (C=O) groups excluding carboxylic acids is 1. The van der Waals surface area contributed by atoms with Crippen LogP contribution in [0, 0.1) is 24.5 Å². The molecule has 0 bridgehead atoms. The zero-order valence-electron chi connectivity index (χ0n) is 10.6. The Morgan fingerprint density at radius 3 is 2.50 bits per heavy atom. The molecule has 1 atom stereocenters.